The van der Waals surface area contributed by atoms with Crippen molar-refractivity contribution in [3.63, 3.8) is 0 Å². The van der Waals surface area contributed by atoms with E-state index >= 15 is 0 Å². The highest BCUT2D eigenvalue weighted by Crippen LogP contribution is 2.36. The predicted molar refractivity (Wildman–Crippen MR) is 130 cm³/mol. The molecule has 0 spiro atoms. The molecule has 2 aromatic carbocycles. The van der Waals surface area contributed by atoms with E-state index in [-0.39, 0.29) is 23.3 Å². The largest absolute Gasteiger partial charge is 0.497 e. The van der Waals surface area contributed by atoms with Crippen LogP contribution in [0.5, 0.6) is 17.2 Å². The molecule has 0 aliphatic carbocycles. The SMILES string of the molecule is COc1cc(NC(=O)[C@@H]2CCCN(S(=O)(=O)c3cc4c(cc3C)NC(=O)[C@@H](C)O4)C2)cc(OC)c1. The van der Waals surface area contributed by atoms with Crippen LogP contribution in [0, 0.1) is 12.8 Å². The summed E-state index contributed by atoms with van der Waals surface area (Å²) >= 11 is 0. The highest BCUT2D eigenvalue weighted by Gasteiger charge is 2.35. The van der Waals surface area contributed by atoms with Gasteiger partial charge in [-0.1, -0.05) is 0 Å². The van der Waals surface area contributed by atoms with Gasteiger partial charge in [0, 0.05) is 43.0 Å². The molecular formula is C24H29N3O7S. The van der Waals surface area contributed by atoms with E-state index < -0.39 is 22.0 Å². The molecule has 2 aliphatic rings. The number of amides is 2. The minimum absolute atomic E-state index is 0.0553. The number of sulfonamides is 1. The summed E-state index contributed by atoms with van der Waals surface area (Å²) in [4.78, 5) is 25.0. The number of nitrogens with zero attached hydrogens (tertiary/aromatic N) is 1. The van der Waals surface area contributed by atoms with Gasteiger partial charge >= 0.3 is 0 Å². The molecule has 4 rings (SSSR count). The van der Waals surface area contributed by atoms with Crippen LogP contribution in [0.3, 0.4) is 0 Å². The molecule has 2 atom stereocenters. The van der Waals surface area contributed by atoms with E-state index in [1.54, 1.807) is 38.1 Å². The van der Waals surface area contributed by atoms with Crippen LogP contribution in [0.1, 0.15) is 25.3 Å². The van der Waals surface area contributed by atoms with Crippen molar-refractivity contribution in [2.75, 3.05) is 37.9 Å². The molecule has 35 heavy (non-hydrogen) atoms. The summed E-state index contributed by atoms with van der Waals surface area (Å²) in [6.07, 6.45) is 0.389. The number of carbonyl (C=O) groups is 2. The Morgan fingerprint density at radius 1 is 1.14 bits per heavy atom. The number of hydrogen-bond acceptors (Lipinski definition) is 7. The number of rotatable bonds is 6. The molecule has 1 fully saturated rings. The average Bonchev–Trinajstić information content (AvgIpc) is 2.84. The van der Waals surface area contributed by atoms with Crippen LogP contribution in [-0.4, -0.2) is 58.0 Å². The molecular weight excluding hydrogens is 474 g/mol. The number of methoxy groups -OCH3 is 2. The van der Waals surface area contributed by atoms with E-state index in [2.05, 4.69) is 10.6 Å². The van der Waals surface area contributed by atoms with Crippen LogP contribution in [0.4, 0.5) is 11.4 Å². The van der Waals surface area contributed by atoms with E-state index in [4.69, 9.17) is 14.2 Å². The molecule has 2 heterocycles. The van der Waals surface area contributed by atoms with Gasteiger partial charge in [0.2, 0.25) is 15.9 Å². The number of fused-ring (bicyclic) bond motifs is 1. The van der Waals surface area contributed by atoms with Crippen molar-refractivity contribution in [3.8, 4) is 17.2 Å². The third kappa shape index (κ3) is 5.06. The number of benzene rings is 2. The maximum atomic E-state index is 13.6. The van der Waals surface area contributed by atoms with Crippen molar-refractivity contribution in [1.82, 2.24) is 4.31 Å². The van der Waals surface area contributed by atoms with Crippen molar-refractivity contribution in [1.29, 1.82) is 0 Å². The van der Waals surface area contributed by atoms with Crippen molar-refractivity contribution in [2.45, 2.75) is 37.7 Å². The maximum absolute atomic E-state index is 13.6. The number of hydrogen-bond donors (Lipinski definition) is 2. The monoisotopic (exact) mass is 503 g/mol. The van der Waals surface area contributed by atoms with Crippen LogP contribution in [-0.2, 0) is 19.6 Å². The molecule has 2 aliphatic heterocycles. The van der Waals surface area contributed by atoms with E-state index in [1.807, 2.05) is 0 Å². The van der Waals surface area contributed by atoms with Crippen molar-refractivity contribution >= 4 is 33.2 Å². The number of anilines is 2. The van der Waals surface area contributed by atoms with Gasteiger partial charge in [0.25, 0.3) is 5.91 Å². The second-order valence-corrected chi connectivity index (χ2v) is 10.6. The molecule has 0 aromatic heterocycles. The van der Waals surface area contributed by atoms with Gasteiger partial charge in [0.1, 0.15) is 17.2 Å². The standard InChI is InChI=1S/C24H29N3O7S/c1-14-8-20-21(34-15(2)23(28)26-20)12-22(14)35(30,31)27-7-5-6-16(13-27)24(29)25-17-9-18(32-3)11-19(10-17)33-4/h8-12,15-16H,5-7,13H2,1-4H3,(H,25,29)(H,26,28)/t15-,16-/m1/s1. The zero-order valence-corrected chi connectivity index (χ0v) is 20.9. The second kappa shape index (κ2) is 9.74. The molecule has 0 radical (unpaired) electrons. The van der Waals surface area contributed by atoms with Crippen LogP contribution in [0.15, 0.2) is 35.2 Å². The number of nitrogens with one attached hydrogen (secondary N) is 2. The minimum atomic E-state index is -3.90. The van der Waals surface area contributed by atoms with Gasteiger partial charge < -0.3 is 24.8 Å². The van der Waals surface area contributed by atoms with Gasteiger partial charge in [-0.25, -0.2) is 8.42 Å². The molecule has 0 bridgehead atoms. The maximum Gasteiger partial charge on any atom is 0.265 e. The van der Waals surface area contributed by atoms with Gasteiger partial charge in [-0.3, -0.25) is 9.59 Å². The van der Waals surface area contributed by atoms with Crippen LogP contribution in [0.2, 0.25) is 0 Å². The second-order valence-electron chi connectivity index (χ2n) is 8.66. The van der Waals surface area contributed by atoms with Gasteiger partial charge in [0.05, 0.1) is 30.7 Å². The quantitative estimate of drug-likeness (QED) is 0.621. The lowest BCUT2D eigenvalue weighted by molar-refractivity contribution is -0.123. The van der Waals surface area contributed by atoms with Crippen LogP contribution >= 0.6 is 0 Å². The zero-order valence-electron chi connectivity index (χ0n) is 20.1. The summed E-state index contributed by atoms with van der Waals surface area (Å²) in [7, 11) is -0.856. The lowest BCUT2D eigenvalue weighted by atomic mass is 9.98. The first-order chi connectivity index (χ1) is 16.6. The first kappa shape index (κ1) is 24.8. The normalized spacial score (nSPS) is 20.3. The molecule has 2 N–H and O–H groups in total. The molecule has 11 heteroatoms. The third-order valence-electron chi connectivity index (χ3n) is 6.20. The van der Waals surface area contributed by atoms with E-state index in [1.165, 1.54) is 24.6 Å². The number of aryl methyl sites for hydroxylation is 1. The Hall–Kier alpha value is -3.31. The minimum Gasteiger partial charge on any atom is -0.497 e. The molecule has 10 nitrogen and oxygen atoms in total. The fourth-order valence-electron chi connectivity index (χ4n) is 4.26. The molecule has 2 aromatic rings. The Morgan fingerprint density at radius 2 is 1.83 bits per heavy atom. The molecule has 0 saturated carbocycles. The Balaban J connectivity index is 1.53. The summed E-state index contributed by atoms with van der Waals surface area (Å²) in [5.74, 6) is 0.281. The highest BCUT2D eigenvalue weighted by atomic mass is 32.2. The van der Waals surface area contributed by atoms with Crippen LogP contribution < -0.4 is 24.8 Å². The summed E-state index contributed by atoms with van der Waals surface area (Å²) in [5, 5.41) is 5.58. The zero-order chi connectivity index (χ0) is 25.3. The molecule has 188 valence electrons. The van der Waals surface area contributed by atoms with Crippen molar-refractivity contribution < 1.29 is 32.2 Å². The van der Waals surface area contributed by atoms with Gasteiger partial charge in [-0.2, -0.15) is 4.31 Å². The predicted octanol–water partition coefficient (Wildman–Crippen LogP) is 2.77. The fourth-order valence-corrected chi connectivity index (χ4v) is 6.00. The highest BCUT2D eigenvalue weighted by molar-refractivity contribution is 7.89. The number of carbonyl (C=O) groups excluding carboxylic acids is 2. The number of piperidine rings is 1. The topological polar surface area (TPSA) is 123 Å². The van der Waals surface area contributed by atoms with E-state index in [0.717, 1.165) is 0 Å². The smallest absolute Gasteiger partial charge is 0.265 e. The van der Waals surface area contributed by atoms with Crippen LogP contribution in [0.25, 0.3) is 0 Å². The van der Waals surface area contributed by atoms with Crippen molar-refractivity contribution in [3.05, 3.63) is 35.9 Å². The Morgan fingerprint density at radius 3 is 2.49 bits per heavy atom. The summed E-state index contributed by atoms with van der Waals surface area (Å²) in [6, 6.07) is 8.09. The van der Waals surface area contributed by atoms with Gasteiger partial charge in [0.15, 0.2) is 6.10 Å². The van der Waals surface area contributed by atoms with E-state index in [9.17, 15) is 18.0 Å². The summed E-state index contributed by atoms with van der Waals surface area (Å²) in [6.45, 7) is 3.63. The Labute approximate surface area is 204 Å². The molecule has 1 saturated heterocycles. The summed E-state index contributed by atoms with van der Waals surface area (Å²) in [5.41, 5.74) is 1.43. The first-order valence-corrected chi connectivity index (χ1v) is 12.7. The van der Waals surface area contributed by atoms with E-state index in [0.29, 0.717) is 53.6 Å². The first-order valence-electron chi connectivity index (χ1n) is 11.3. The average molecular weight is 504 g/mol. The number of ether oxygens (including phenoxy) is 3. The van der Waals surface area contributed by atoms with Gasteiger partial charge in [-0.15, -0.1) is 0 Å². The lowest BCUT2D eigenvalue weighted by Gasteiger charge is -2.32. The van der Waals surface area contributed by atoms with Crippen molar-refractivity contribution in [2.24, 2.45) is 5.92 Å². The Bertz CT molecular complexity index is 1240. The molecule has 2 amide bonds. The Kier molecular flexibility index (Phi) is 6.91. The molecule has 0 unspecified atom stereocenters. The lowest BCUT2D eigenvalue weighted by Crippen LogP contribution is -2.44. The fraction of sp³-hybridized carbons (Fsp3) is 0.417. The third-order valence-corrected chi connectivity index (χ3v) is 8.21. The van der Waals surface area contributed by atoms with Gasteiger partial charge in [-0.05, 0) is 38.3 Å². The summed E-state index contributed by atoms with van der Waals surface area (Å²) < 4.78 is 44.5.